The highest BCUT2D eigenvalue weighted by atomic mass is 16.4. The summed E-state index contributed by atoms with van der Waals surface area (Å²) in [5, 5.41) is 29.9. The van der Waals surface area contributed by atoms with Crippen molar-refractivity contribution in [3.05, 3.63) is 78.5 Å². The maximum atomic E-state index is 12.0. The molecule has 0 radical (unpaired) electrons. The largest absolute Gasteiger partial charge is 0.465 e. The maximum absolute atomic E-state index is 12.0. The molecule has 210 valence electrons. The third kappa shape index (κ3) is 6.15. The van der Waals surface area contributed by atoms with Gasteiger partial charge in [-0.1, -0.05) is 30.3 Å². The van der Waals surface area contributed by atoms with Gasteiger partial charge in [0.05, 0.1) is 17.6 Å². The van der Waals surface area contributed by atoms with Gasteiger partial charge in [0, 0.05) is 66.7 Å². The van der Waals surface area contributed by atoms with E-state index in [2.05, 4.69) is 35.7 Å². The molecule has 13 heteroatoms. The summed E-state index contributed by atoms with van der Waals surface area (Å²) in [6.07, 6.45) is 6.10. The number of fused-ring (bicyclic) bond motifs is 1. The first kappa shape index (κ1) is 27.3. The second kappa shape index (κ2) is 11.4. The molecule has 0 aliphatic heterocycles. The molecule has 1 aromatic carbocycles. The molecule has 0 saturated carbocycles. The number of nitrogens with zero attached hydrogens (tertiary/aromatic N) is 5. The van der Waals surface area contributed by atoms with Crippen LogP contribution < -0.4 is 16.4 Å². The van der Waals surface area contributed by atoms with Crippen molar-refractivity contribution in [3.63, 3.8) is 0 Å². The highest BCUT2D eigenvalue weighted by molar-refractivity contribution is 5.95. The minimum atomic E-state index is -1.39. The first-order chi connectivity index (χ1) is 19.7. The molecule has 0 bridgehead atoms. The van der Waals surface area contributed by atoms with Crippen molar-refractivity contribution in [2.45, 2.75) is 25.5 Å². The van der Waals surface area contributed by atoms with Gasteiger partial charge in [0.2, 0.25) is 11.9 Å². The summed E-state index contributed by atoms with van der Waals surface area (Å²) >= 11 is 0. The second-order valence-corrected chi connectivity index (χ2v) is 9.58. The van der Waals surface area contributed by atoms with Gasteiger partial charge in [-0.3, -0.25) is 9.48 Å². The van der Waals surface area contributed by atoms with Crippen molar-refractivity contribution in [2.24, 2.45) is 0 Å². The van der Waals surface area contributed by atoms with Crippen molar-refractivity contribution < 1.29 is 19.8 Å². The number of nitrogens with one attached hydrogen (secondary N) is 3. The third-order valence-electron chi connectivity index (χ3n) is 6.64. The zero-order valence-electron chi connectivity index (χ0n) is 22.2. The smallest absolute Gasteiger partial charge is 0.404 e. The van der Waals surface area contributed by atoms with Gasteiger partial charge in [-0.15, -0.1) is 0 Å². The number of hydrogen-bond donors (Lipinski definition) is 6. The lowest BCUT2D eigenvalue weighted by atomic mass is 9.91. The molecule has 5 aromatic rings. The van der Waals surface area contributed by atoms with Crippen LogP contribution in [0.4, 0.5) is 10.7 Å². The number of aromatic nitrogens is 6. The van der Waals surface area contributed by atoms with Gasteiger partial charge in [-0.05, 0) is 24.6 Å². The van der Waals surface area contributed by atoms with Crippen molar-refractivity contribution in [1.82, 2.24) is 40.3 Å². The van der Waals surface area contributed by atoms with E-state index in [1.54, 1.807) is 36.3 Å². The summed E-state index contributed by atoms with van der Waals surface area (Å²) in [7, 11) is 0. The molecule has 0 aliphatic carbocycles. The number of hydrogen-bond acceptors (Lipinski definition) is 8. The maximum Gasteiger partial charge on any atom is 0.404 e. The summed E-state index contributed by atoms with van der Waals surface area (Å²) < 4.78 is 1.66. The number of benzene rings is 1. The minimum absolute atomic E-state index is 0.0376. The third-order valence-corrected chi connectivity index (χ3v) is 6.64. The number of aromatic amines is 1. The molecule has 0 aliphatic rings. The number of amides is 2. The van der Waals surface area contributed by atoms with Gasteiger partial charge in [-0.2, -0.15) is 5.10 Å². The fourth-order valence-corrected chi connectivity index (χ4v) is 4.45. The molecule has 4 aromatic heterocycles. The molecule has 5 rings (SSSR count). The van der Waals surface area contributed by atoms with E-state index >= 15 is 0 Å². The van der Waals surface area contributed by atoms with E-state index in [4.69, 9.17) is 10.8 Å². The molecule has 0 fully saturated rings. The Morgan fingerprint density at radius 1 is 1.07 bits per heavy atom. The van der Waals surface area contributed by atoms with Crippen LogP contribution in [0.2, 0.25) is 0 Å². The molecular weight excluding hydrogens is 526 g/mol. The van der Waals surface area contributed by atoms with Crippen LogP contribution in [0.25, 0.3) is 33.4 Å². The van der Waals surface area contributed by atoms with E-state index in [0.29, 0.717) is 29.1 Å². The number of rotatable bonds is 10. The van der Waals surface area contributed by atoms with Crippen molar-refractivity contribution in [2.75, 3.05) is 18.8 Å². The van der Waals surface area contributed by atoms with Gasteiger partial charge in [-0.25, -0.2) is 19.7 Å². The van der Waals surface area contributed by atoms with Crippen molar-refractivity contribution >= 4 is 29.0 Å². The number of aliphatic hydroxyl groups is 1. The lowest BCUT2D eigenvalue weighted by molar-refractivity contribution is -0.121. The van der Waals surface area contributed by atoms with Gasteiger partial charge >= 0.3 is 6.09 Å². The standard InChI is InChI=1S/C28H29N9O4/c1-28(41,19-5-3-2-4-6-19)23-12-22(35-26(29)36-23)21-15-33-25-20(21)11-17(13-32-25)18-14-34-37(16-18)10-7-24(38)30-8-9-31-27(39)40/h2-6,11-16,31,41H,7-10H2,1H3,(H,30,38)(H,32,33)(H,39,40)(H2,29,35,36). The first-order valence-electron chi connectivity index (χ1n) is 12.9. The van der Waals surface area contributed by atoms with Gasteiger partial charge in [0.1, 0.15) is 11.2 Å². The molecule has 41 heavy (non-hydrogen) atoms. The zero-order valence-corrected chi connectivity index (χ0v) is 22.2. The predicted octanol–water partition coefficient (Wildman–Crippen LogP) is 2.50. The normalized spacial score (nSPS) is 12.6. The molecule has 4 heterocycles. The number of carboxylic acid groups (broad SMARTS) is 1. The van der Waals surface area contributed by atoms with Gasteiger partial charge < -0.3 is 31.6 Å². The van der Waals surface area contributed by atoms with Crippen molar-refractivity contribution in [3.8, 4) is 22.4 Å². The van der Waals surface area contributed by atoms with Crippen LogP contribution in [0.3, 0.4) is 0 Å². The number of pyridine rings is 1. The summed E-state index contributed by atoms with van der Waals surface area (Å²) in [5.74, 6) is -0.167. The highest BCUT2D eigenvalue weighted by Crippen LogP contribution is 2.34. The molecular formula is C28H29N9O4. The van der Waals surface area contributed by atoms with Crippen LogP contribution in [0, 0.1) is 0 Å². The number of H-pyrrole nitrogens is 1. The number of carbonyl (C=O) groups excluding carboxylic acids is 1. The van der Waals surface area contributed by atoms with E-state index in [9.17, 15) is 14.7 Å². The summed E-state index contributed by atoms with van der Waals surface area (Å²) in [6, 6.07) is 12.9. The predicted molar refractivity (Wildman–Crippen MR) is 152 cm³/mol. The summed E-state index contributed by atoms with van der Waals surface area (Å²) in [6.45, 7) is 2.37. The minimum Gasteiger partial charge on any atom is -0.465 e. The zero-order chi connectivity index (χ0) is 29.0. The van der Waals surface area contributed by atoms with Crippen LogP contribution in [0.15, 0.2) is 67.3 Å². The molecule has 7 N–H and O–H groups in total. The topological polar surface area (TPSA) is 197 Å². The van der Waals surface area contributed by atoms with Crippen LogP contribution in [-0.4, -0.2) is 65.0 Å². The van der Waals surface area contributed by atoms with E-state index in [-0.39, 0.29) is 31.4 Å². The van der Waals surface area contributed by atoms with Crippen LogP contribution in [0.1, 0.15) is 24.6 Å². The number of anilines is 1. The monoisotopic (exact) mass is 555 g/mol. The molecule has 1 atom stereocenters. The fraction of sp³-hybridized carbons (Fsp3) is 0.214. The Kier molecular flexibility index (Phi) is 7.61. The van der Waals surface area contributed by atoms with Crippen LogP contribution >= 0.6 is 0 Å². The van der Waals surface area contributed by atoms with Crippen LogP contribution in [0.5, 0.6) is 0 Å². The fourth-order valence-electron chi connectivity index (χ4n) is 4.45. The van der Waals surface area contributed by atoms with E-state index in [0.717, 1.165) is 22.1 Å². The van der Waals surface area contributed by atoms with Crippen LogP contribution in [-0.2, 0) is 16.9 Å². The Morgan fingerprint density at radius 2 is 1.85 bits per heavy atom. The lowest BCUT2D eigenvalue weighted by Crippen LogP contribution is -2.34. The Balaban J connectivity index is 1.35. The number of carbonyl (C=O) groups is 2. The van der Waals surface area contributed by atoms with E-state index in [1.807, 2.05) is 42.6 Å². The Hall–Kier alpha value is -5.30. The molecule has 1 unspecified atom stereocenters. The highest BCUT2D eigenvalue weighted by Gasteiger charge is 2.28. The molecule has 0 spiro atoms. The Bertz CT molecular complexity index is 1700. The average molecular weight is 556 g/mol. The number of nitrogen functional groups attached to an aromatic ring is 1. The second-order valence-electron chi connectivity index (χ2n) is 9.58. The number of aryl methyl sites for hydroxylation is 1. The van der Waals surface area contributed by atoms with E-state index in [1.165, 1.54) is 0 Å². The van der Waals surface area contributed by atoms with Gasteiger partial charge in [0.15, 0.2) is 0 Å². The molecule has 0 saturated heterocycles. The average Bonchev–Trinajstić information content (AvgIpc) is 3.61. The van der Waals surface area contributed by atoms with E-state index < -0.39 is 11.7 Å². The summed E-state index contributed by atoms with van der Waals surface area (Å²) in [5.41, 5.74) is 9.30. The molecule has 13 nitrogen and oxygen atoms in total. The van der Waals surface area contributed by atoms with Gasteiger partial charge in [0.25, 0.3) is 0 Å². The number of nitrogens with two attached hydrogens (primary N) is 1. The summed E-state index contributed by atoms with van der Waals surface area (Å²) in [4.78, 5) is 39.0. The SMILES string of the molecule is CC(O)(c1ccccc1)c1cc(-c2c[nH]c3ncc(-c4cnn(CCC(=O)NCCNC(=O)O)c4)cc23)nc(N)n1. The Morgan fingerprint density at radius 3 is 2.63 bits per heavy atom. The lowest BCUT2D eigenvalue weighted by Gasteiger charge is -2.24. The quantitative estimate of drug-likeness (QED) is 0.140. The first-order valence-corrected chi connectivity index (χ1v) is 12.9. The Labute approximate surface area is 234 Å². The van der Waals surface area contributed by atoms with Crippen molar-refractivity contribution in [1.29, 1.82) is 0 Å². The molecule has 2 amide bonds.